The first-order valence-corrected chi connectivity index (χ1v) is 6.48. The molecule has 0 aliphatic rings. The fourth-order valence-electron chi connectivity index (χ4n) is 1.31. The van der Waals surface area contributed by atoms with Gasteiger partial charge in [0.25, 0.3) is 0 Å². The van der Waals surface area contributed by atoms with Crippen molar-refractivity contribution in [3.05, 3.63) is 12.4 Å². The van der Waals surface area contributed by atoms with E-state index in [1.54, 1.807) is 12.4 Å². The Hall–Kier alpha value is -1.03. The van der Waals surface area contributed by atoms with E-state index in [-0.39, 0.29) is 5.38 Å². The van der Waals surface area contributed by atoms with E-state index in [1.807, 2.05) is 6.92 Å². The Morgan fingerprint density at radius 1 is 1.47 bits per heavy atom. The van der Waals surface area contributed by atoms with Crippen LogP contribution in [0.3, 0.4) is 0 Å². The van der Waals surface area contributed by atoms with E-state index in [0.717, 1.165) is 31.6 Å². The first kappa shape index (κ1) is 14.0. The fourth-order valence-corrected chi connectivity index (χ4v) is 1.46. The van der Waals surface area contributed by atoms with Gasteiger partial charge in [-0.05, 0) is 26.2 Å². The number of nitrogens with one attached hydrogen (secondary N) is 1. The maximum absolute atomic E-state index is 5.87. The van der Waals surface area contributed by atoms with Crippen molar-refractivity contribution in [3.8, 4) is 5.88 Å². The summed E-state index contributed by atoms with van der Waals surface area (Å²) < 4.78 is 5.41. The predicted octanol–water partition coefficient (Wildman–Crippen LogP) is 3.08. The smallest absolute Gasteiger partial charge is 0.234 e. The lowest BCUT2D eigenvalue weighted by molar-refractivity contribution is 0.304. The van der Waals surface area contributed by atoms with Gasteiger partial charge in [-0.15, -0.1) is 11.6 Å². The molecule has 1 rings (SSSR count). The van der Waals surface area contributed by atoms with Crippen molar-refractivity contribution in [1.82, 2.24) is 9.97 Å². The molecular weight excluding hydrogens is 238 g/mol. The quantitative estimate of drug-likeness (QED) is 0.574. The summed E-state index contributed by atoms with van der Waals surface area (Å²) in [5.74, 6) is 1.32. The van der Waals surface area contributed by atoms with Crippen molar-refractivity contribution >= 4 is 17.4 Å². The van der Waals surface area contributed by atoms with E-state index in [9.17, 15) is 0 Å². The van der Waals surface area contributed by atoms with Crippen LogP contribution in [0.4, 0.5) is 5.82 Å². The predicted molar refractivity (Wildman–Crippen MR) is 70.9 cm³/mol. The topological polar surface area (TPSA) is 47.0 Å². The molecule has 96 valence electrons. The summed E-state index contributed by atoms with van der Waals surface area (Å²) in [5.41, 5.74) is 0. The first-order chi connectivity index (χ1) is 8.22. The molecule has 1 unspecified atom stereocenters. The largest absolute Gasteiger partial charge is 0.477 e. The summed E-state index contributed by atoms with van der Waals surface area (Å²) in [6.45, 7) is 5.58. The van der Waals surface area contributed by atoms with Gasteiger partial charge in [-0.3, -0.25) is 4.98 Å². The molecule has 1 atom stereocenters. The number of hydrogen-bond donors (Lipinski definition) is 1. The van der Waals surface area contributed by atoms with Crippen molar-refractivity contribution in [2.45, 2.75) is 38.5 Å². The second-order valence-electron chi connectivity index (χ2n) is 3.94. The summed E-state index contributed by atoms with van der Waals surface area (Å²) in [7, 11) is 0. The zero-order chi connectivity index (χ0) is 12.5. The third-order valence-corrected chi connectivity index (χ3v) is 2.37. The fraction of sp³-hybridized carbons (Fsp3) is 0.667. The molecule has 1 aromatic rings. The summed E-state index contributed by atoms with van der Waals surface area (Å²) in [4.78, 5) is 8.37. The highest BCUT2D eigenvalue weighted by Crippen LogP contribution is 2.10. The molecule has 0 saturated heterocycles. The maximum Gasteiger partial charge on any atom is 0.234 e. The average molecular weight is 258 g/mol. The summed E-state index contributed by atoms with van der Waals surface area (Å²) in [5, 5.41) is 3.43. The van der Waals surface area contributed by atoms with Crippen LogP contribution in [0.5, 0.6) is 5.88 Å². The highest BCUT2D eigenvalue weighted by molar-refractivity contribution is 6.20. The number of anilines is 1. The number of halogens is 1. The van der Waals surface area contributed by atoms with Gasteiger partial charge in [0.15, 0.2) is 0 Å². The molecule has 17 heavy (non-hydrogen) atoms. The van der Waals surface area contributed by atoms with Crippen molar-refractivity contribution in [1.29, 1.82) is 0 Å². The SMILES string of the molecule is CCCOc1cncc(NCCCC(C)Cl)n1. The van der Waals surface area contributed by atoms with Crippen molar-refractivity contribution in [3.63, 3.8) is 0 Å². The van der Waals surface area contributed by atoms with Crippen molar-refractivity contribution in [2.24, 2.45) is 0 Å². The van der Waals surface area contributed by atoms with Crippen LogP contribution in [0.25, 0.3) is 0 Å². The van der Waals surface area contributed by atoms with Crippen LogP contribution in [0.1, 0.15) is 33.1 Å². The minimum absolute atomic E-state index is 0.224. The van der Waals surface area contributed by atoms with Gasteiger partial charge < -0.3 is 10.1 Å². The van der Waals surface area contributed by atoms with Crippen molar-refractivity contribution in [2.75, 3.05) is 18.5 Å². The molecule has 0 radical (unpaired) electrons. The van der Waals surface area contributed by atoms with E-state index in [0.29, 0.717) is 12.5 Å². The molecule has 1 N–H and O–H groups in total. The van der Waals surface area contributed by atoms with E-state index in [4.69, 9.17) is 16.3 Å². The molecule has 0 saturated carbocycles. The molecule has 0 aliphatic carbocycles. The van der Waals surface area contributed by atoms with Gasteiger partial charge in [-0.1, -0.05) is 6.92 Å². The Kier molecular flexibility index (Phi) is 6.70. The summed E-state index contributed by atoms with van der Waals surface area (Å²) in [6.07, 6.45) is 6.30. The van der Waals surface area contributed by atoms with Crippen LogP contribution in [0, 0.1) is 0 Å². The zero-order valence-corrected chi connectivity index (χ0v) is 11.2. The molecular formula is C12H20ClN3O. The van der Waals surface area contributed by atoms with Crippen LogP contribution in [-0.2, 0) is 0 Å². The molecule has 1 heterocycles. The van der Waals surface area contributed by atoms with Crippen LogP contribution in [0.15, 0.2) is 12.4 Å². The lowest BCUT2D eigenvalue weighted by atomic mass is 10.2. The number of alkyl halides is 1. The van der Waals surface area contributed by atoms with Crippen molar-refractivity contribution < 1.29 is 4.74 Å². The second kappa shape index (κ2) is 8.12. The Bertz CT molecular complexity index is 320. The van der Waals surface area contributed by atoms with Gasteiger partial charge in [-0.25, -0.2) is 0 Å². The maximum atomic E-state index is 5.87. The van der Waals surface area contributed by atoms with Crippen LogP contribution < -0.4 is 10.1 Å². The highest BCUT2D eigenvalue weighted by atomic mass is 35.5. The molecule has 5 heteroatoms. The van der Waals surface area contributed by atoms with Gasteiger partial charge in [0.05, 0.1) is 19.0 Å². The Labute approximate surface area is 108 Å². The molecule has 0 fully saturated rings. The van der Waals surface area contributed by atoms with E-state index >= 15 is 0 Å². The number of rotatable bonds is 8. The first-order valence-electron chi connectivity index (χ1n) is 6.05. The molecule has 0 amide bonds. The van der Waals surface area contributed by atoms with Gasteiger partial charge in [0, 0.05) is 11.9 Å². The third kappa shape index (κ3) is 6.31. The molecule has 0 aliphatic heterocycles. The lowest BCUT2D eigenvalue weighted by Crippen LogP contribution is -2.07. The number of ether oxygens (including phenoxy) is 1. The van der Waals surface area contributed by atoms with E-state index in [1.165, 1.54) is 0 Å². The van der Waals surface area contributed by atoms with Crippen LogP contribution >= 0.6 is 11.6 Å². The highest BCUT2D eigenvalue weighted by Gasteiger charge is 2.00. The minimum Gasteiger partial charge on any atom is -0.477 e. The Morgan fingerprint density at radius 2 is 2.29 bits per heavy atom. The van der Waals surface area contributed by atoms with Crippen LogP contribution in [0.2, 0.25) is 0 Å². The number of nitrogens with zero attached hydrogens (tertiary/aromatic N) is 2. The normalized spacial score (nSPS) is 12.2. The molecule has 4 nitrogen and oxygen atoms in total. The zero-order valence-electron chi connectivity index (χ0n) is 10.4. The third-order valence-electron chi connectivity index (χ3n) is 2.15. The lowest BCUT2D eigenvalue weighted by Gasteiger charge is -2.08. The van der Waals surface area contributed by atoms with Gasteiger partial charge in [0.1, 0.15) is 5.82 Å². The Balaban J connectivity index is 2.32. The Morgan fingerprint density at radius 3 is 3.00 bits per heavy atom. The van der Waals surface area contributed by atoms with E-state index in [2.05, 4.69) is 22.2 Å². The summed E-state index contributed by atoms with van der Waals surface area (Å²) >= 11 is 5.87. The molecule has 0 bridgehead atoms. The second-order valence-corrected chi connectivity index (χ2v) is 4.69. The monoisotopic (exact) mass is 257 g/mol. The number of aromatic nitrogens is 2. The minimum atomic E-state index is 0.224. The van der Waals surface area contributed by atoms with Gasteiger partial charge in [-0.2, -0.15) is 4.98 Å². The van der Waals surface area contributed by atoms with Crippen LogP contribution in [-0.4, -0.2) is 28.5 Å². The average Bonchev–Trinajstić information content (AvgIpc) is 2.32. The molecule has 1 aromatic heterocycles. The van der Waals surface area contributed by atoms with E-state index < -0.39 is 0 Å². The van der Waals surface area contributed by atoms with Gasteiger partial charge >= 0.3 is 0 Å². The van der Waals surface area contributed by atoms with Gasteiger partial charge in [0.2, 0.25) is 5.88 Å². The number of hydrogen-bond acceptors (Lipinski definition) is 4. The molecule has 0 aromatic carbocycles. The summed E-state index contributed by atoms with van der Waals surface area (Å²) in [6, 6.07) is 0. The molecule has 0 spiro atoms. The standard InChI is InChI=1S/C12H20ClN3O/c1-3-7-17-12-9-14-8-11(16-12)15-6-4-5-10(2)13/h8-10H,3-7H2,1-2H3,(H,15,16).